The van der Waals surface area contributed by atoms with Crippen LogP contribution in [0.4, 0.5) is 0 Å². The quantitative estimate of drug-likeness (QED) is 0.247. The third kappa shape index (κ3) is 5.98. The minimum atomic E-state index is -0.422. The Morgan fingerprint density at radius 1 is 1.24 bits per heavy atom. The Morgan fingerprint density at radius 3 is 2.72 bits per heavy atom. The third-order valence-electron chi connectivity index (χ3n) is 3.75. The molecule has 0 bridgehead atoms. The van der Waals surface area contributed by atoms with Gasteiger partial charge in [0.2, 0.25) is 0 Å². The second kappa shape index (κ2) is 10.3. The molecule has 0 saturated heterocycles. The van der Waals surface area contributed by atoms with Crippen LogP contribution in [0.2, 0.25) is 5.02 Å². The van der Waals surface area contributed by atoms with Crippen molar-refractivity contribution in [3.05, 3.63) is 80.3 Å². The van der Waals surface area contributed by atoms with Gasteiger partial charge in [0.1, 0.15) is 6.61 Å². The Bertz CT molecular complexity index is 989. The van der Waals surface area contributed by atoms with Crippen LogP contribution in [0.15, 0.2) is 64.3 Å². The molecule has 0 unspecified atom stereocenters. The predicted molar refractivity (Wildman–Crippen MR) is 120 cm³/mol. The van der Waals surface area contributed by atoms with Crippen molar-refractivity contribution in [2.45, 2.75) is 13.5 Å². The maximum absolute atomic E-state index is 11.9. The van der Waals surface area contributed by atoms with Crippen molar-refractivity contribution in [2.75, 3.05) is 6.61 Å². The Hall–Kier alpha value is -2.52. The zero-order valence-electron chi connectivity index (χ0n) is 15.5. The third-order valence-corrected chi connectivity index (χ3v) is 4.81. The lowest BCUT2D eigenvalue weighted by atomic mass is 10.2. The summed E-state index contributed by atoms with van der Waals surface area (Å²) < 4.78 is 17.6. The fourth-order valence-electron chi connectivity index (χ4n) is 2.43. The molecular weight excluding hydrogens is 507 g/mol. The summed E-state index contributed by atoms with van der Waals surface area (Å²) in [5, 5.41) is 4.66. The number of hydrazone groups is 1. The smallest absolute Gasteiger partial charge is 0.307 e. The highest BCUT2D eigenvalue weighted by molar-refractivity contribution is 14.1. The molecule has 0 radical (unpaired) electrons. The van der Waals surface area contributed by atoms with Crippen molar-refractivity contribution in [3.8, 4) is 11.5 Å². The molecule has 29 heavy (non-hydrogen) atoms. The number of halogens is 2. The summed E-state index contributed by atoms with van der Waals surface area (Å²) in [4.78, 5) is 11.9. The highest BCUT2D eigenvalue weighted by atomic mass is 127. The Morgan fingerprint density at radius 2 is 2.03 bits per heavy atom. The average Bonchev–Trinajstić information content (AvgIpc) is 3.24. The van der Waals surface area contributed by atoms with Gasteiger partial charge in [0, 0.05) is 5.02 Å². The summed E-state index contributed by atoms with van der Waals surface area (Å²) in [5.74, 6) is 1.03. The molecule has 8 heteroatoms. The van der Waals surface area contributed by atoms with E-state index in [4.69, 9.17) is 25.5 Å². The number of rotatable bonds is 8. The SMILES string of the molecule is CCOc1cc(/C=N\NC(=O)c2ccco2)cc(I)c1OCc1ccc(Cl)cc1. The maximum atomic E-state index is 11.9. The lowest BCUT2D eigenvalue weighted by Crippen LogP contribution is -2.16. The van der Waals surface area contributed by atoms with Crippen LogP contribution < -0.4 is 14.9 Å². The summed E-state index contributed by atoms with van der Waals surface area (Å²) in [6.07, 6.45) is 2.96. The molecule has 1 N–H and O–H groups in total. The monoisotopic (exact) mass is 524 g/mol. The van der Waals surface area contributed by atoms with Gasteiger partial charge in [0.15, 0.2) is 17.3 Å². The van der Waals surface area contributed by atoms with Gasteiger partial charge >= 0.3 is 5.91 Å². The lowest BCUT2D eigenvalue weighted by molar-refractivity contribution is 0.0927. The molecule has 3 rings (SSSR count). The van der Waals surface area contributed by atoms with E-state index in [2.05, 4.69) is 33.1 Å². The van der Waals surface area contributed by atoms with Crippen LogP contribution in [0.5, 0.6) is 11.5 Å². The van der Waals surface area contributed by atoms with Crippen LogP contribution in [-0.2, 0) is 6.61 Å². The Labute approximate surface area is 187 Å². The fraction of sp³-hybridized carbons (Fsp3) is 0.143. The number of carbonyl (C=O) groups is 1. The van der Waals surface area contributed by atoms with E-state index in [9.17, 15) is 4.79 Å². The molecule has 1 heterocycles. The largest absolute Gasteiger partial charge is 0.490 e. The summed E-state index contributed by atoms with van der Waals surface area (Å²) >= 11 is 8.11. The molecule has 0 aliphatic heterocycles. The van der Waals surface area contributed by atoms with E-state index in [1.165, 1.54) is 12.5 Å². The number of benzene rings is 2. The molecule has 3 aromatic rings. The Kier molecular flexibility index (Phi) is 7.54. The molecule has 6 nitrogen and oxygen atoms in total. The first kappa shape index (κ1) is 21.2. The predicted octanol–water partition coefficient (Wildman–Crippen LogP) is 5.28. The summed E-state index contributed by atoms with van der Waals surface area (Å²) in [5.41, 5.74) is 4.18. The van der Waals surface area contributed by atoms with Gasteiger partial charge in [-0.15, -0.1) is 0 Å². The van der Waals surface area contributed by atoms with Gasteiger partial charge in [-0.25, -0.2) is 5.43 Å². The zero-order chi connectivity index (χ0) is 20.6. The average molecular weight is 525 g/mol. The Balaban J connectivity index is 1.72. The van der Waals surface area contributed by atoms with Crippen molar-refractivity contribution < 1.29 is 18.7 Å². The highest BCUT2D eigenvalue weighted by Gasteiger charge is 2.12. The first-order valence-electron chi connectivity index (χ1n) is 8.77. The molecule has 0 aliphatic carbocycles. The number of ether oxygens (including phenoxy) is 2. The van der Waals surface area contributed by atoms with E-state index in [1.807, 2.05) is 43.3 Å². The van der Waals surface area contributed by atoms with Gasteiger partial charge in [0.05, 0.1) is 22.7 Å². The van der Waals surface area contributed by atoms with Gasteiger partial charge in [-0.2, -0.15) is 5.10 Å². The number of hydrogen-bond acceptors (Lipinski definition) is 5. The van der Waals surface area contributed by atoms with Crippen LogP contribution in [0.1, 0.15) is 28.6 Å². The van der Waals surface area contributed by atoms with E-state index in [-0.39, 0.29) is 5.76 Å². The maximum Gasteiger partial charge on any atom is 0.307 e. The van der Waals surface area contributed by atoms with Gasteiger partial charge < -0.3 is 13.9 Å². The molecule has 1 aromatic heterocycles. The van der Waals surface area contributed by atoms with E-state index in [1.54, 1.807) is 12.1 Å². The first-order chi connectivity index (χ1) is 14.1. The van der Waals surface area contributed by atoms with E-state index < -0.39 is 5.91 Å². The topological polar surface area (TPSA) is 73.1 Å². The van der Waals surface area contributed by atoms with Crippen molar-refractivity contribution >= 4 is 46.3 Å². The molecule has 0 atom stereocenters. The molecule has 150 valence electrons. The number of carbonyl (C=O) groups excluding carboxylic acids is 1. The van der Waals surface area contributed by atoms with E-state index >= 15 is 0 Å². The highest BCUT2D eigenvalue weighted by Crippen LogP contribution is 2.34. The molecule has 2 aromatic carbocycles. The van der Waals surface area contributed by atoms with Gasteiger partial charge in [-0.3, -0.25) is 4.79 Å². The summed E-state index contributed by atoms with van der Waals surface area (Å²) in [6.45, 7) is 2.78. The van der Waals surface area contributed by atoms with Gasteiger partial charge in [0.25, 0.3) is 0 Å². The second-order valence-electron chi connectivity index (χ2n) is 5.85. The van der Waals surface area contributed by atoms with Crippen molar-refractivity contribution in [1.82, 2.24) is 5.43 Å². The summed E-state index contributed by atoms with van der Waals surface area (Å²) in [6, 6.07) is 14.4. The molecule has 0 fully saturated rings. The fourth-order valence-corrected chi connectivity index (χ4v) is 3.34. The molecule has 1 amide bonds. The number of furan rings is 1. The molecule has 0 spiro atoms. The van der Waals surface area contributed by atoms with Crippen molar-refractivity contribution in [2.24, 2.45) is 5.10 Å². The second-order valence-corrected chi connectivity index (χ2v) is 7.45. The minimum absolute atomic E-state index is 0.192. The zero-order valence-corrected chi connectivity index (χ0v) is 18.4. The van der Waals surface area contributed by atoms with Crippen molar-refractivity contribution in [1.29, 1.82) is 0 Å². The number of nitrogens with one attached hydrogen (secondary N) is 1. The minimum Gasteiger partial charge on any atom is -0.490 e. The van der Waals surface area contributed by atoms with Crippen LogP contribution in [0.3, 0.4) is 0 Å². The molecule has 0 aliphatic rings. The van der Waals surface area contributed by atoms with Crippen LogP contribution in [0.25, 0.3) is 0 Å². The van der Waals surface area contributed by atoms with Crippen molar-refractivity contribution in [3.63, 3.8) is 0 Å². The normalized spacial score (nSPS) is 10.9. The number of amides is 1. The van der Waals surface area contributed by atoms with Crippen LogP contribution in [-0.4, -0.2) is 18.7 Å². The number of nitrogens with zero attached hydrogens (tertiary/aromatic N) is 1. The number of hydrogen-bond donors (Lipinski definition) is 1. The van der Waals surface area contributed by atoms with E-state index in [0.29, 0.717) is 29.7 Å². The van der Waals surface area contributed by atoms with Crippen LogP contribution in [0, 0.1) is 3.57 Å². The first-order valence-corrected chi connectivity index (χ1v) is 10.2. The summed E-state index contributed by atoms with van der Waals surface area (Å²) in [7, 11) is 0. The van der Waals surface area contributed by atoms with Crippen LogP contribution >= 0.6 is 34.2 Å². The lowest BCUT2D eigenvalue weighted by Gasteiger charge is -2.14. The van der Waals surface area contributed by atoms with Gasteiger partial charge in [-0.05, 0) is 77.0 Å². The standard InChI is InChI=1S/C21H18ClIN2O4/c1-2-27-19-11-15(12-24-25-21(26)18-4-3-9-28-18)10-17(23)20(19)29-13-14-5-7-16(22)8-6-14/h3-12H,2,13H2,1H3,(H,25,26)/b24-12-. The molecular formula is C21H18ClIN2O4. The van der Waals surface area contributed by atoms with Gasteiger partial charge in [-0.1, -0.05) is 23.7 Å². The van der Waals surface area contributed by atoms with E-state index in [0.717, 1.165) is 14.7 Å². The molecule has 0 saturated carbocycles.